The van der Waals surface area contributed by atoms with Gasteiger partial charge in [-0.1, -0.05) is 44.2 Å². The molecule has 2 aromatic carbocycles. The second-order valence-electron chi connectivity index (χ2n) is 5.30. The summed E-state index contributed by atoms with van der Waals surface area (Å²) in [5.41, 5.74) is 7.41. The fourth-order valence-corrected chi connectivity index (χ4v) is 2.21. The number of ether oxygens (including phenoxy) is 1. The number of hydrogen-bond donors (Lipinski definition) is 2. The molecule has 0 radical (unpaired) electrons. The lowest BCUT2D eigenvalue weighted by Gasteiger charge is -2.11. The molecule has 0 bridgehead atoms. The highest BCUT2D eigenvalue weighted by molar-refractivity contribution is 5.95. The quantitative estimate of drug-likeness (QED) is 0.802. The third-order valence-corrected chi connectivity index (χ3v) is 3.65. The summed E-state index contributed by atoms with van der Waals surface area (Å²) < 4.78 is 5.49. The van der Waals surface area contributed by atoms with E-state index in [9.17, 15) is 9.59 Å². The molecule has 2 aromatic rings. The van der Waals surface area contributed by atoms with Crippen LogP contribution in [0.1, 0.15) is 35.3 Å². The lowest BCUT2D eigenvalue weighted by Crippen LogP contribution is -2.43. The molecule has 0 spiro atoms. The van der Waals surface area contributed by atoms with Gasteiger partial charge in [-0.05, 0) is 42.2 Å². The number of aryl methyl sites for hydroxylation is 2. The van der Waals surface area contributed by atoms with Crippen molar-refractivity contribution in [3.63, 3.8) is 0 Å². The number of hydrazine groups is 1. The van der Waals surface area contributed by atoms with E-state index in [0.29, 0.717) is 11.3 Å². The molecule has 0 aromatic heterocycles. The van der Waals surface area contributed by atoms with Crippen molar-refractivity contribution in [3.05, 3.63) is 65.2 Å². The molecular formula is C19H22N2O3. The van der Waals surface area contributed by atoms with Crippen molar-refractivity contribution in [2.45, 2.75) is 26.7 Å². The van der Waals surface area contributed by atoms with Crippen molar-refractivity contribution in [2.24, 2.45) is 0 Å². The third kappa shape index (κ3) is 4.84. The van der Waals surface area contributed by atoms with Gasteiger partial charge in [-0.3, -0.25) is 20.4 Å². The Hall–Kier alpha value is -2.82. The lowest BCUT2D eigenvalue weighted by molar-refractivity contribution is -0.123. The van der Waals surface area contributed by atoms with Gasteiger partial charge in [0.1, 0.15) is 5.75 Å². The smallest absolute Gasteiger partial charge is 0.276 e. The van der Waals surface area contributed by atoms with Crippen molar-refractivity contribution in [1.82, 2.24) is 10.9 Å². The van der Waals surface area contributed by atoms with E-state index in [1.54, 1.807) is 12.1 Å². The average molecular weight is 326 g/mol. The summed E-state index contributed by atoms with van der Waals surface area (Å²) in [5.74, 6) is -0.101. The van der Waals surface area contributed by atoms with Crippen LogP contribution in [0.25, 0.3) is 0 Å². The van der Waals surface area contributed by atoms with Crippen molar-refractivity contribution in [1.29, 1.82) is 0 Å². The molecule has 0 heterocycles. The fraction of sp³-hybridized carbons (Fsp3) is 0.263. The summed E-state index contributed by atoms with van der Waals surface area (Å²) in [5, 5.41) is 0. The highest BCUT2D eigenvalue weighted by atomic mass is 16.5. The van der Waals surface area contributed by atoms with Crippen molar-refractivity contribution in [3.8, 4) is 5.75 Å². The molecule has 126 valence electrons. The first kappa shape index (κ1) is 17.5. The predicted octanol–water partition coefficient (Wildman–Crippen LogP) is 2.65. The Kier molecular flexibility index (Phi) is 6.37. The largest absolute Gasteiger partial charge is 0.483 e. The molecule has 2 N–H and O–H groups in total. The topological polar surface area (TPSA) is 67.4 Å². The second-order valence-corrected chi connectivity index (χ2v) is 5.30. The fourth-order valence-electron chi connectivity index (χ4n) is 2.21. The zero-order valence-electron chi connectivity index (χ0n) is 14.0. The van der Waals surface area contributed by atoms with Crippen molar-refractivity contribution in [2.75, 3.05) is 6.61 Å². The molecule has 0 saturated heterocycles. The monoisotopic (exact) mass is 326 g/mol. The molecule has 5 nitrogen and oxygen atoms in total. The van der Waals surface area contributed by atoms with Gasteiger partial charge in [0.25, 0.3) is 11.8 Å². The SMILES string of the molecule is CCc1ccc(C(=O)NNC(=O)COc2ccccc2CC)cc1. The zero-order chi connectivity index (χ0) is 17.4. The van der Waals surface area contributed by atoms with Crippen LogP contribution in [0.4, 0.5) is 0 Å². The summed E-state index contributed by atoms with van der Waals surface area (Å²) in [6.45, 7) is 3.91. The molecule has 24 heavy (non-hydrogen) atoms. The summed E-state index contributed by atoms with van der Waals surface area (Å²) in [7, 11) is 0. The number of rotatable bonds is 6. The Morgan fingerprint density at radius 1 is 0.917 bits per heavy atom. The van der Waals surface area contributed by atoms with Gasteiger partial charge in [-0.2, -0.15) is 0 Å². The van der Waals surface area contributed by atoms with Crippen LogP contribution in [0.3, 0.4) is 0 Å². The maximum Gasteiger partial charge on any atom is 0.276 e. The van der Waals surface area contributed by atoms with E-state index in [1.165, 1.54) is 0 Å². The molecule has 0 saturated carbocycles. The molecule has 0 atom stereocenters. The lowest BCUT2D eigenvalue weighted by atomic mass is 10.1. The minimum Gasteiger partial charge on any atom is -0.483 e. The van der Waals surface area contributed by atoms with Crippen LogP contribution in [0, 0.1) is 0 Å². The summed E-state index contributed by atoms with van der Waals surface area (Å²) in [4.78, 5) is 23.8. The first-order valence-electron chi connectivity index (χ1n) is 8.02. The molecule has 0 aliphatic heterocycles. The van der Waals surface area contributed by atoms with E-state index in [1.807, 2.05) is 50.2 Å². The minimum atomic E-state index is -0.417. The van der Waals surface area contributed by atoms with Gasteiger partial charge in [0, 0.05) is 5.56 Å². The zero-order valence-corrected chi connectivity index (χ0v) is 14.0. The van der Waals surface area contributed by atoms with Crippen LogP contribution in [0.15, 0.2) is 48.5 Å². The van der Waals surface area contributed by atoms with Crippen LogP contribution in [0.2, 0.25) is 0 Å². The number of benzene rings is 2. The van der Waals surface area contributed by atoms with Gasteiger partial charge < -0.3 is 4.74 Å². The normalized spacial score (nSPS) is 10.1. The maximum absolute atomic E-state index is 12.0. The highest BCUT2D eigenvalue weighted by Gasteiger charge is 2.09. The molecule has 0 aliphatic carbocycles. The first-order chi connectivity index (χ1) is 11.6. The molecule has 5 heteroatoms. The van der Waals surface area contributed by atoms with Crippen molar-refractivity contribution < 1.29 is 14.3 Å². The number of carbonyl (C=O) groups excluding carboxylic acids is 2. The number of carbonyl (C=O) groups is 2. The first-order valence-corrected chi connectivity index (χ1v) is 8.02. The van der Waals surface area contributed by atoms with Gasteiger partial charge in [-0.25, -0.2) is 0 Å². The Labute approximate surface area is 142 Å². The molecule has 2 rings (SSSR count). The van der Waals surface area contributed by atoms with Crippen LogP contribution in [-0.2, 0) is 17.6 Å². The summed E-state index contributed by atoms with van der Waals surface area (Å²) >= 11 is 0. The second kappa shape index (κ2) is 8.72. The van der Waals surface area contributed by atoms with E-state index >= 15 is 0 Å². The number of amides is 2. The van der Waals surface area contributed by atoms with Crippen LogP contribution < -0.4 is 15.6 Å². The molecule has 0 fully saturated rings. The summed E-state index contributed by atoms with van der Waals surface area (Å²) in [6.07, 6.45) is 1.73. The van der Waals surface area contributed by atoms with Crippen LogP contribution in [0.5, 0.6) is 5.75 Å². The van der Waals surface area contributed by atoms with E-state index in [0.717, 1.165) is 24.0 Å². The number of para-hydroxylation sites is 1. The maximum atomic E-state index is 12.0. The van der Waals surface area contributed by atoms with Gasteiger partial charge in [0.05, 0.1) is 0 Å². The van der Waals surface area contributed by atoms with Gasteiger partial charge in [0.2, 0.25) is 0 Å². The van der Waals surface area contributed by atoms with Gasteiger partial charge in [0.15, 0.2) is 6.61 Å². The van der Waals surface area contributed by atoms with Gasteiger partial charge in [-0.15, -0.1) is 0 Å². The Morgan fingerprint density at radius 2 is 1.62 bits per heavy atom. The highest BCUT2D eigenvalue weighted by Crippen LogP contribution is 2.17. The molecule has 0 aliphatic rings. The Balaban J connectivity index is 1.81. The van der Waals surface area contributed by atoms with Crippen molar-refractivity contribution >= 4 is 11.8 Å². The Morgan fingerprint density at radius 3 is 2.29 bits per heavy atom. The summed E-state index contributed by atoms with van der Waals surface area (Å²) in [6, 6.07) is 14.8. The predicted molar refractivity (Wildman–Crippen MR) is 92.7 cm³/mol. The van der Waals surface area contributed by atoms with Gasteiger partial charge >= 0.3 is 0 Å². The van der Waals surface area contributed by atoms with Crippen LogP contribution in [-0.4, -0.2) is 18.4 Å². The van der Waals surface area contributed by atoms with E-state index in [4.69, 9.17) is 4.74 Å². The molecule has 2 amide bonds. The number of nitrogens with one attached hydrogen (secondary N) is 2. The third-order valence-electron chi connectivity index (χ3n) is 3.65. The van der Waals surface area contributed by atoms with Crippen LogP contribution >= 0.6 is 0 Å². The average Bonchev–Trinajstić information content (AvgIpc) is 2.64. The molecule has 0 unspecified atom stereocenters. The number of hydrogen-bond acceptors (Lipinski definition) is 3. The molecular weight excluding hydrogens is 304 g/mol. The van der Waals surface area contributed by atoms with E-state index in [-0.39, 0.29) is 12.5 Å². The standard InChI is InChI=1S/C19H22N2O3/c1-3-14-9-11-16(12-10-14)19(23)21-20-18(22)13-24-17-8-6-5-7-15(17)4-2/h5-12H,3-4,13H2,1-2H3,(H,20,22)(H,21,23). The van der Waals surface area contributed by atoms with E-state index in [2.05, 4.69) is 10.9 Å². The minimum absolute atomic E-state index is 0.161. The van der Waals surface area contributed by atoms with E-state index < -0.39 is 5.91 Å². The Bertz CT molecular complexity index is 696.